The Hall–Kier alpha value is -3.49. The molecule has 2 rings (SSSR count). The lowest BCUT2D eigenvalue weighted by atomic mass is 10.0. The highest BCUT2D eigenvalue weighted by Crippen LogP contribution is 2.26. The van der Waals surface area contributed by atoms with Gasteiger partial charge in [0.25, 0.3) is 5.69 Å². The molecule has 0 aliphatic rings. The zero-order valence-electron chi connectivity index (χ0n) is 16.2. The van der Waals surface area contributed by atoms with Gasteiger partial charge in [-0.05, 0) is 45.4 Å². The summed E-state index contributed by atoms with van der Waals surface area (Å²) in [7, 11) is 1.52. The largest absolute Gasteiger partial charge is 0.451 e. The van der Waals surface area contributed by atoms with E-state index in [0.717, 1.165) is 6.07 Å². The molecule has 0 aliphatic heterocycles. The molecule has 0 saturated carbocycles. The van der Waals surface area contributed by atoms with Crippen molar-refractivity contribution in [1.82, 2.24) is 4.98 Å². The number of benzene rings is 1. The number of rotatable bonds is 7. The Labute approximate surface area is 161 Å². The van der Waals surface area contributed by atoms with Crippen LogP contribution in [-0.4, -0.2) is 40.6 Å². The average Bonchev–Trinajstić information content (AvgIpc) is 2.94. The van der Waals surface area contributed by atoms with Crippen LogP contribution in [0.4, 0.5) is 11.4 Å². The predicted octanol–water partition coefficient (Wildman–Crippen LogP) is 3.21. The van der Waals surface area contributed by atoms with Crippen molar-refractivity contribution >= 4 is 28.9 Å². The van der Waals surface area contributed by atoms with Crippen LogP contribution in [0.15, 0.2) is 18.2 Å². The highest BCUT2D eigenvalue weighted by molar-refractivity contribution is 6.05. The first-order valence-electron chi connectivity index (χ1n) is 8.50. The lowest BCUT2D eigenvalue weighted by Crippen LogP contribution is -2.25. The lowest BCUT2D eigenvalue weighted by molar-refractivity contribution is -0.384. The number of nitro benzene ring substituents is 1. The third-order valence-electron chi connectivity index (χ3n) is 4.39. The monoisotopic (exact) mass is 387 g/mol. The Kier molecular flexibility index (Phi) is 5.97. The van der Waals surface area contributed by atoms with Gasteiger partial charge in [0.1, 0.15) is 5.69 Å². The van der Waals surface area contributed by atoms with Gasteiger partial charge in [-0.3, -0.25) is 19.7 Å². The number of nitrogens with one attached hydrogen (secondary N) is 2. The number of aromatic amines is 1. The quantitative estimate of drug-likeness (QED) is 0.323. The average molecular weight is 387 g/mol. The van der Waals surface area contributed by atoms with Gasteiger partial charge in [-0.2, -0.15) is 0 Å². The highest BCUT2D eigenvalue weighted by atomic mass is 16.6. The molecule has 0 bridgehead atoms. The van der Waals surface area contributed by atoms with Crippen LogP contribution in [0.25, 0.3) is 0 Å². The molecule has 0 unspecified atom stereocenters. The summed E-state index contributed by atoms with van der Waals surface area (Å²) in [6, 6.07) is 3.85. The van der Waals surface area contributed by atoms with Crippen LogP contribution in [0, 0.1) is 24.0 Å². The molecule has 9 nitrogen and oxygen atoms in total. The van der Waals surface area contributed by atoms with E-state index in [9.17, 15) is 24.5 Å². The van der Waals surface area contributed by atoms with Gasteiger partial charge in [-0.15, -0.1) is 0 Å². The Morgan fingerprint density at radius 3 is 2.39 bits per heavy atom. The Morgan fingerprint density at radius 1 is 1.25 bits per heavy atom. The Morgan fingerprint density at radius 2 is 1.89 bits per heavy atom. The summed E-state index contributed by atoms with van der Waals surface area (Å²) in [5.74, 6) is -1.53. The number of hydrogen-bond acceptors (Lipinski definition) is 7. The summed E-state index contributed by atoms with van der Waals surface area (Å²) in [5.41, 5.74) is 1.60. The van der Waals surface area contributed by atoms with Gasteiger partial charge in [-0.25, -0.2) is 4.79 Å². The van der Waals surface area contributed by atoms with E-state index in [4.69, 9.17) is 4.74 Å². The van der Waals surface area contributed by atoms with E-state index in [0.29, 0.717) is 16.8 Å². The summed E-state index contributed by atoms with van der Waals surface area (Å²) in [6.07, 6.45) is -1.15. The Bertz CT molecular complexity index is 976. The first-order valence-corrected chi connectivity index (χ1v) is 8.50. The van der Waals surface area contributed by atoms with Crippen LogP contribution in [0.5, 0.6) is 0 Å². The van der Waals surface area contributed by atoms with Gasteiger partial charge < -0.3 is 15.0 Å². The van der Waals surface area contributed by atoms with E-state index >= 15 is 0 Å². The maximum absolute atomic E-state index is 12.7. The summed E-state index contributed by atoms with van der Waals surface area (Å²) >= 11 is 0. The van der Waals surface area contributed by atoms with E-state index in [2.05, 4.69) is 10.3 Å². The topological polar surface area (TPSA) is 131 Å². The highest BCUT2D eigenvalue weighted by Gasteiger charge is 2.27. The second kappa shape index (κ2) is 8.03. The normalized spacial score (nSPS) is 11.6. The van der Waals surface area contributed by atoms with Gasteiger partial charge in [0.15, 0.2) is 11.9 Å². The lowest BCUT2D eigenvalue weighted by Gasteiger charge is -2.12. The van der Waals surface area contributed by atoms with Gasteiger partial charge in [-0.1, -0.05) is 0 Å². The number of carbonyl (C=O) groups is 3. The van der Waals surface area contributed by atoms with Crippen molar-refractivity contribution in [3.63, 3.8) is 0 Å². The number of H-pyrrole nitrogens is 1. The minimum atomic E-state index is -1.15. The number of hydrogen-bond donors (Lipinski definition) is 2. The number of anilines is 1. The molecule has 1 aromatic carbocycles. The molecule has 1 atom stereocenters. The van der Waals surface area contributed by atoms with Crippen molar-refractivity contribution in [2.75, 3.05) is 12.4 Å². The molecule has 0 aliphatic carbocycles. The number of carbonyl (C=O) groups excluding carboxylic acids is 3. The number of esters is 1. The molecule has 1 heterocycles. The molecular weight excluding hydrogens is 366 g/mol. The molecule has 0 fully saturated rings. The smallest absolute Gasteiger partial charge is 0.339 e. The molecule has 2 N–H and O–H groups in total. The van der Waals surface area contributed by atoms with Crippen LogP contribution in [0.1, 0.15) is 56.3 Å². The van der Waals surface area contributed by atoms with E-state index in [1.54, 1.807) is 13.8 Å². The van der Waals surface area contributed by atoms with Crippen LogP contribution in [0.2, 0.25) is 0 Å². The predicted molar refractivity (Wildman–Crippen MR) is 102 cm³/mol. The molecule has 0 spiro atoms. The summed E-state index contributed by atoms with van der Waals surface area (Å²) in [5, 5.41) is 13.8. The van der Waals surface area contributed by atoms with Crippen LogP contribution >= 0.6 is 0 Å². The molecule has 2 aromatic rings. The maximum atomic E-state index is 12.7. The number of aromatic nitrogens is 1. The zero-order chi connectivity index (χ0) is 21.2. The standard InChI is InChI=1S/C19H21N3O6/c1-9-16(11(3)23)10(2)21-17(9)18(24)12(4)28-19(25)13-6-7-14(20-5)15(8-13)22(26)27/h6-8,12,20-21H,1-5H3/t12-/m0/s1. The van der Waals surface area contributed by atoms with E-state index in [1.165, 1.54) is 33.0 Å². The van der Waals surface area contributed by atoms with E-state index in [-0.39, 0.29) is 28.4 Å². The molecule has 28 heavy (non-hydrogen) atoms. The number of ketones is 2. The molecule has 0 radical (unpaired) electrons. The van der Waals surface area contributed by atoms with Gasteiger partial charge in [0.05, 0.1) is 16.2 Å². The fourth-order valence-corrected chi connectivity index (χ4v) is 3.03. The number of Topliss-reactive ketones (excluding diaryl/α,β-unsaturated/α-hetero) is 2. The number of aryl methyl sites for hydroxylation is 1. The molecule has 0 amide bonds. The number of nitro groups is 1. The molecule has 9 heteroatoms. The van der Waals surface area contributed by atoms with Crippen molar-refractivity contribution in [1.29, 1.82) is 0 Å². The van der Waals surface area contributed by atoms with Gasteiger partial charge in [0.2, 0.25) is 5.78 Å². The van der Waals surface area contributed by atoms with Crippen molar-refractivity contribution in [2.24, 2.45) is 0 Å². The van der Waals surface area contributed by atoms with Crippen LogP contribution < -0.4 is 5.32 Å². The minimum Gasteiger partial charge on any atom is -0.451 e. The van der Waals surface area contributed by atoms with Crippen molar-refractivity contribution in [3.05, 3.63) is 56.4 Å². The number of ether oxygens (including phenoxy) is 1. The van der Waals surface area contributed by atoms with Crippen molar-refractivity contribution in [2.45, 2.75) is 33.8 Å². The zero-order valence-corrected chi connectivity index (χ0v) is 16.2. The molecular formula is C19H21N3O6. The second-order valence-electron chi connectivity index (χ2n) is 6.33. The van der Waals surface area contributed by atoms with Crippen molar-refractivity contribution in [3.8, 4) is 0 Å². The summed E-state index contributed by atoms with van der Waals surface area (Å²) in [4.78, 5) is 50.1. The number of nitrogens with zero attached hydrogens (tertiary/aromatic N) is 1. The maximum Gasteiger partial charge on any atom is 0.339 e. The van der Waals surface area contributed by atoms with Gasteiger partial charge >= 0.3 is 5.97 Å². The third kappa shape index (κ3) is 3.93. The summed E-state index contributed by atoms with van der Waals surface area (Å²) in [6.45, 7) is 6.13. The van der Waals surface area contributed by atoms with Crippen LogP contribution in [0.3, 0.4) is 0 Å². The first-order chi connectivity index (χ1) is 13.1. The first kappa shape index (κ1) is 20.8. The molecule has 0 saturated heterocycles. The van der Waals surface area contributed by atoms with E-state index in [1.807, 2.05) is 0 Å². The third-order valence-corrected chi connectivity index (χ3v) is 4.39. The fraction of sp³-hybridized carbons (Fsp3) is 0.316. The SMILES string of the molecule is CNc1ccc(C(=O)O[C@@H](C)C(=O)c2[nH]c(C)c(C(C)=O)c2C)cc1[N+](=O)[O-]. The second-order valence-corrected chi connectivity index (χ2v) is 6.33. The summed E-state index contributed by atoms with van der Waals surface area (Å²) < 4.78 is 5.19. The van der Waals surface area contributed by atoms with E-state index < -0.39 is 22.8 Å². The van der Waals surface area contributed by atoms with Gasteiger partial charge in [0, 0.05) is 24.4 Å². The molecule has 1 aromatic heterocycles. The fourth-order valence-electron chi connectivity index (χ4n) is 3.03. The molecule has 148 valence electrons. The minimum absolute atomic E-state index is 0.0471. The van der Waals surface area contributed by atoms with Crippen molar-refractivity contribution < 1.29 is 24.0 Å². The Balaban J connectivity index is 2.24. The van der Waals surface area contributed by atoms with Crippen LogP contribution in [-0.2, 0) is 4.74 Å².